The highest BCUT2D eigenvalue weighted by Gasteiger charge is 2.22. The Morgan fingerprint density at radius 3 is 2.65 bits per heavy atom. The predicted octanol–water partition coefficient (Wildman–Crippen LogP) is 3.71. The first-order chi connectivity index (χ1) is 8.33. The van der Waals surface area contributed by atoms with E-state index in [0.29, 0.717) is 6.61 Å². The molecule has 1 unspecified atom stereocenters. The van der Waals surface area contributed by atoms with E-state index in [2.05, 4.69) is 0 Å². The predicted molar refractivity (Wildman–Crippen MR) is 69.5 cm³/mol. The van der Waals surface area contributed by atoms with E-state index in [1.165, 1.54) is 11.3 Å². The molecule has 1 heterocycles. The Labute approximate surface area is 105 Å². The number of Topliss-reactive ketones (excluding diaryl/α,β-unsaturated/α-hetero) is 1. The average molecular weight is 246 g/mol. The molecule has 1 aromatic heterocycles. The number of carbonyl (C=O) groups excluding carboxylic acids is 1. The van der Waals surface area contributed by atoms with Crippen molar-refractivity contribution in [1.82, 2.24) is 0 Å². The maximum Gasteiger partial charge on any atom is 0.196 e. The van der Waals surface area contributed by atoms with Gasteiger partial charge in [0.15, 0.2) is 5.78 Å². The van der Waals surface area contributed by atoms with E-state index in [4.69, 9.17) is 4.74 Å². The summed E-state index contributed by atoms with van der Waals surface area (Å²) in [4.78, 5) is 12.3. The third-order valence-corrected chi connectivity index (χ3v) is 3.16. The highest BCUT2D eigenvalue weighted by atomic mass is 32.1. The minimum absolute atomic E-state index is 0.0271. The molecule has 3 heteroatoms. The van der Waals surface area contributed by atoms with Crippen LogP contribution in [0.5, 0.6) is 0 Å². The summed E-state index contributed by atoms with van der Waals surface area (Å²) in [5.41, 5.74) is 1.63. The Morgan fingerprint density at radius 1 is 1.29 bits per heavy atom. The van der Waals surface area contributed by atoms with Gasteiger partial charge in [-0.2, -0.15) is 11.3 Å². The quantitative estimate of drug-likeness (QED) is 0.752. The molecule has 0 aliphatic carbocycles. The van der Waals surface area contributed by atoms with Gasteiger partial charge in [-0.1, -0.05) is 30.3 Å². The molecule has 0 bridgehead atoms. The molecule has 0 aliphatic heterocycles. The van der Waals surface area contributed by atoms with Crippen molar-refractivity contribution in [1.29, 1.82) is 0 Å². The maximum absolute atomic E-state index is 12.3. The lowest BCUT2D eigenvalue weighted by atomic mass is 10.0. The van der Waals surface area contributed by atoms with Crippen molar-refractivity contribution in [3.05, 3.63) is 58.3 Å². The Kier molecular flexibility index (Phi) is 4.07. The first kappa shape index (κ1) is 12.0. The molecule has 0 saturated heterocycles. The molecular formula is C14H14O2S. The summed E-state index contributed by atoms with van der Waals surface area (Å²) in [6.45, 7) is 2.42. The molecule has 1 atom stereocenters. The zero-order valence-corrected chi connectivity index (χ0v) is 10.4. The molecule has 0 N–H and O–H groups in total. The normalized spacial score (nSPS) is 12.3. The fraction of sp³-hybridized carbons (Fsp3) is 0.214. The van der Waals surface area contributed by atoms with Gasteiger partial charge in [-0.3, -0.25) is 4.79 Å². The fourth-order valence-electron chi connectivity index (χ4n) is 1.67. The Hall–Kier alpha value is -1.45. The number of thiophene rings is 1. The van der Waals surface area contributed by atoms with Crippen LogP contribution in [0.2, 0.25) is 0 Å². The van der Waals surface area contributed by atoms with Crippen molar-refractivity contribution < 1.29 is 9.53 Å². The van der Waals surface area contributed by atoms with Gasteiger partial charge in [0.25, 0.3) is 0 Å². The smallest absolute Gasteiger partial charge is 0.196 e. The Morgan fingerprint density at radius 2 is 2.06 bits per heavy atom. The maximum atomic E-state index is 12.3. The van der Waals surface area contributed by atoms with Crippen LogP contribution < -0.4 is 0 Å². The molecule has 2 aromatic rings. The lowest BCUT2D eigenvalue weighted by molar-refractivity contribution is 0.0453. The third-order valence-electron chi connectivity index (χ3n) is 2.48. The van der Waals surface area contributed by atoms with E-state index in [1.54, 1.807) is 0 Å². The van der Waals surface area contributed by atoms with Crippen LogP contribution in [0.1, 0.15) is 28.9 Å². The van der Waals surface area contributed by atoms with Crippen molar-refractivity contribution >= 4 is 17.1 Å². The second-order valence-corrected chi connectivity index (χ2v) is 4.40. The summed E-state index contributed by atoms with van der Waals surface area (Å²) in [7, 11) is 0. The third kappa shape index (κ3) is 2.81. The minimum atomic E-state index is -0.490. The summed E-state index contributed by atoms with van der Waals surface area (Å²) in [6.07, 6.45) is -0.490. The van der Waals surface area contributed by atoms with E-state index < -0.39 is 6.10 Å². The summed E-state index contributed by atoms with van der Waals surface area (Å²) in [5, 5.41) is 3.76. The van der Waals surface area contributed by atoms with Gasteiger partial charge < -0.3 is 4.74 Å². The second kappa shape index (κ2) is 5.75. The Bertz CT molecular complexity index is 462. The van der Waals surface area contributed by atoms with Crippen molar-refractivity contribution in [2.75, 3.05) is 6.61 Å². The van der Waals surface area contributed by atoms with Crippen LogP contribution in [-0.4, -0.2) is 12.4 Å². The first-order valence-corrected chi connectivity index (χ1v) is 6.50. The van der Waals surface area contributed by atoms with Crippen LogP contribution in [0.25, 0.3) is 0 Å². The molecule has 0 spiro atoms. The van der Waals surface area contributed by atoms with Gasteiger partial charge >= 0.3 is 0 Å². The van der Waals surface area contributed by atoms with E-state index in [0.717, 1.165) is 11.1 Å². The highest BCUT2D eigenvalue weighted by Crippen LogP contribution is 2.23. The summed E-state index contributed by atoms with van der Waals surface area (Å²) in [5.74, 6) is 0.0271. The van der Waals surface area contributed by atoms with Gasteiger partial charge in [0.2, 0.25) is 0 Å². The summed E-state index contributed by atoms with van der Waals surface area (Å²) < 4.78 is 5.57. The zero-order chi connectivity index (χ0) is 12.1. The van der Waals surface area contributed by atoms with Crippen molar-refractivity contribution in [3.8, 4) is 0 Å². The summed E-state index contributed by atoms with van der Waals surface area (Å²) in [6, 6.07) is 11.4. The van der Waals surface area contributed by atoms with Crippen molar-refractivity contribution in [2.24, 2.45) is 0 Å². The van der Waals surface area contributed by atoms with E-state index in [-0.39, 0.29) is 5.78 Å². The van der Waals surface area contributed by atoms with Crippen LogP contribution in [0.15, 0.2) is 47.2 Å². The fourth-order valence-corrected chi connectivity index (χ4v) is 2.32. The number of rotatable bonds is 5. The van der Waals surface area contributed by atoms with Crippen LogP contribution in [0, 0.1) is 0 Å². The molecule has 17 heavy (non-hydrogen) atoms. The van der Waals surface area contributed by atoms with Crippen LogP contribution in [0.4, 0.5) is 0 Å². The minimum Gasteiger partial charge on any atom is -0.366 e. The van der Waals surface area contributed by atoms with Gasteiger partial charge in [-0.25, -0.2) is 0 Å². The zero-order valence-electron chi connectivity index (χ0n) is 9.63. The van der Waals surface area contributed by atoms with Crippen molar-refractivity contribution in [3.63, 3.8) is 0 Å². The SMILES string of the molecule is CCOC(C(=O)c1ccsc1)c1ccccc1. The summed E-state index contributed by atoms with van der Waals surface area (Å²) >= 11 is 1.52. The van der Waals surface area contributed by atoms with E-state index >= 15 is 0 Å². The molecule has 0 fully saturated rings. The van der Waals surface area contributed by atoms with E-state index in [1.807, 2.05) is 54.1 Å². The largest absolute Gasteiger partial charge is 0.366 e. The molecule has 1 aromatic carbocycles. The number of hydrogen-bond donors (Lipinski definition) is 0. The number of ether oxygens (including phenoxy) is 1. The number of benzene rings is 1. The molecule has 2 nitrogen and oxygen atoms in total. The van der Waals surface area contributed by atoms with E-state index in [9.17, 15) is 4.79 Å². The standard InChI is InChI=1S/C14H14O2S/c1-2-16-14(11-6-4-3-5-7-11)13(15)12-8-9-17-10-12/h3-10,14H,2H2,1H3. The van der Waals surface area contributed by atoms with Gasteiger partial charge in [0, 0.05) is 17.6 Å². The molecule has 0 amide bonds. The van der Waals surface area contributed by atoms with Crippen LogP contribution in [0.3, 0.4) is 0 Å². The highest BCUT2D eigenvalue weighted by molar-refractivity contribution is 7.08. The Balaban J connectivity index is 2.27. The van der Waals surface area contributed by atoms with Gasteiger partial charge in [0.05, 0.1) is 0 Å². The number of ketones is 1. The van der Waals surface area contributed by atoms with Crippen LogP contribution in [-0.2, 0) is 4.74 Å². The lowest BCUT2D eigenvalue weighted by Gasteiger charge is -2.15. The molecule has 2 rings (SSSR count). The van der Waals surface area contributed by atoms with Gasteiger partial charge in [-0.15, -0.1) is 0 Å². The second-order valence-electron chi connectivity index (χ2n) is 3.62. The average Bonchev–Trinajstić information content (AvgIpc) is 2.90. The van der Waals surface area contributed by atoms with Gasteiger partial charge in [-0.05, 0) is 23.9 Å². The van der Waals surface area contributed by atoms with Gasteiger partial charge in [0.1, 0.15) is 6.10 Å². The monoisotopic (exact) mass is 246 g/mol. The molecule has 0 aliphatic rings. The molecule has 0 radical (unpaired) electrons. The number of carbonyl (C=O) groups is 1. The molecular weight excluding hydrogens is 232 g/mol. The first-order valence-electron chi connectivity index (χ1n) is 5.56. The molecule has 0 saturated carbocycles. The number of hydrogen-bond acceptors (Lipinski definition) is 3. The van der Waals surface area contributed by atoms with Crippen molar-refractivity contribution in [2.45, 2.75) is 13.0 Å². The lowest BCUT2D eigenvalue weighted by Crippen LogP contribution is -2.15. The topological polar surface area (TPSA) is 26.3 Å². The van der Waals surface area contributed by atoms with Crippen LogP contribution >= 0.6 is 11.3 Å². The molecule has 88 valence electrons.